The van der Waals surface area contributed by atoms with Crippen LogP contribution in [0.3, 0.4) is 0 Å². The van der Waals surface area contributed by atoms with Gasteiger partial charge in [0.2, 0.25) is 0 Å². The van der Waals surface area contributed by atoms with Crippen LogP contribution >= 0.6 is 0 Å². The lowest BCUT2D eigenvalue weighted by Gasteiger charge is -2.00. The van der Waals surface area contributed by atoms with Gasteiger partial charge >= 0.3 is 0 Å². The van der Waals surface area contributed by atoms with Crippen molar-refractivity contribution in [2.75, 3.05) is 13.2 Å². The van der Waals surface area contributed by atoms with Crippen LogP contribution in [0.2, 0.25) is 0 Å². The minimum absolute atomic E-state index is 0.246. The van der Waals surface area contributed by atoms with E-state index in [2.05, 4.69) is 18.3 Å². The topological polar surface area (TPSA) is 45.4 Å². The van der Waals surface area contributed by atoms with E-state index in [-0.39, 0.29) is 6.61 Å². The van der Waals surface area contributed by atoms with Gasteiger partial charge in [0, 0.05) is 12.5 Å². The van der Waals surface area contributed by atoms with Gasteiger partial charge in [-0.2, -0.15) is 0 Å². The number of furan rings is 1. The van der Waals surface area contributed by atoms with Crippen LogP contribution in [0, 0.1) is 5.92 Å². The molecule has 84 valence electrons. The maximum atomic E-state index is 8.61. The summed E-state index contributed by atoms with van der Waals surface area (Å²) in [6.07, 6.45) is 2.07. The van der Waals surface area contributed by atoms with Crippen molar-refractivity contribution in [2.24, 2.45) is 5.92 Å². The fourth-order valence-electron chi connectivity index (χ4n) is 1.82. The highest BCUT2D eigenvalue weighted by Crippen LogP contribution is 2.47. The molecule has 1 saturated carbocycles. The third kappa shape index (κ3) is 2.83. The molecule has 1 fully saturated rings. The first-order chi connectivity index (χ1) is 7.31. The Hall–Kier alpha value is -0.800. The number of hydrogen-bond acceptors (Lipinski definition) is 3. The molecule has 1 aliphatic carbocycles. The number of nitrogens with one attached hydrogen (secondary N) is 1. The van der Waals surface area contributed by atoms with Crippen LogP contribution in [0.15, 0.2) is 16.5 Å². The number of aliphatic hydroxyl groups is 1. The van der Waals surface area contributed by atoms with E-state index in [1.54, 1.807) is 0 Å². The summed E-state index contributed by atoms with van der Waals surface area (Å²) in [6.45, 7) is 4.11. The van der Waals surface area contributed by atoms with E-state index in [0.717, 1.165) is 36.9 Å². The van der Waals surface area contributed by atoms with Gasteiger partial charge in [-0.1, -0.05) is 6.92 Å². The molecule has 2 N–H and O–H groups in total. The van der Waals surface area contributed by atoms with Crippen LogP contribution in [0.1, 0.15) is 37.2 Å². The number of aliphatic hydroxyl groups excluding tert-OH is 1. The highest BCUT2D eigenvalue weighted by atomic mass is 16.3. The lowest BCUT2D eigenvalue weighted by atomic mass is 10.3. The summed E-state index contributed by atoms with van der Waals surface area (Å²) in [5.74, 6) is 3.60. The van der Waals surface area contributed by atoms with Crippen LogP contribution in [0.5, 0.6) is 0 Å². The molecule has 3 heteroatoms. The fraction of sp³-hybridized carbons (Fsp3) is 0.667. The number of rotatable bonds is 6. The minimum Gasteiger partial charge on any atom is -0.464 e. The van der Waals surface area contributed by atoms with Crippen LogP contribution in [0.25, 0.3) is 0 Å². The zero-order valence-corrected chi connectivity index (χ0v) is 9.20. The summed E-state index contributed by atoms with van der Waals surface area (Å²) in [7, 11) is 0. The molecule has 0 spiro atoms. The Morgan fingerprint density at radius 1 is 1.53 bits per heavy atom. The summed E-state index contributed by atoms with van der Waals surface area (Å²) >= 11 is 0. The second-order valence-corrected chi connectivity index (χ2v) is 4.38. The predicted molar refractivity (Wildman–Crippen MR) is 58.6 cm³/mol. The molecule has 0 aromatic carbocycles. The Balaban J connectivity index is 1.75. The van der Waals surface area contributed by atoms with Crippen LogP contribution in [0.4, 0.5) is 0 Å². The zero-order valence-electron chi connectivity index (χ0n) is 9.20. The fourth-order valence-corrected chi connectivity index (χ4v) is 1.82. The zero-order chi connectivity index (χ0) is 10.7. The van der Waals surface area contributed by atoms with Crippen molar-refractivity contribution >= 4 is 0 Å². The summed E-state index contributed by atoms with van der Waals surface area (Å²) < 4.78 is 5.73. The molecule has 1 aliphatic rings. The van der Waals surface area contributed by atoms with Crippen LogP contribution in [-0.2, 0) is 6.54 Å². The highest BCUT2D eigenvalue weighted by molar-refractivity contribution is 5.17. The second kappa shape index (κ2) is 4.81. The Morgan fingerprint density at radius 3 is 3.00 bits per heavy atom. The van der Waals surface area contributed by atoms with Crippen molar-refractivity contribution in [1.82, 2.24) is 5.32 Å². The van der Waals surface area contributed by atoms with Crippen LogP contribution < -0.4 is 5.32 Å². The Bertz CT molecular complexity index is 308. The molecule has 3 nitrogen and oxygen atoms in total. The molecular weight excluding hydrogens is 190 g/mol. The lowest BCUT2D eigenvalue weighted by molar-refractivity contribution is 0.285. The first-order valence-electron chi connectivity index (χ1n) is 5.71. The molecule has 0 aliphatic heterocycles. The second-order valence-electron chi connectivity index (χ2n) is 4.38. The first-order valence-corrected chi connectivity index (χ1v) is 5.71. The van der Waals surface area contributed by atoms with Gasteiger partial charge in [0.1, 0.15) is 11.5 Å². The smallest absolute Gasteiger partial charge is 0.117 e. The van der Waals surface area contributed by atoms with E-state index in [9.17, 15) is 0 Å². The van der Waals surface area contributed by atoms with Gasteiger partial charge in [-0.15, -0.1) is 0 Å². The van der Waals surface area contributed by atoms with Crippen molar-refractivity contribution in [3.8, 4) is 0 Å². The molecule has 0 bridgehead atoms. The maximum Gasteiger partial charge on any atom is 0.117 e. The van der Waals surface area contributed by atoms with E-state index < -0.39 is 0 Å². The molecule has 0 saturated heterocycles. The average molecular weight is 209 g/mol. The Kier molecular flexibility index (Phi) is 3.44. The molecule has 0 amide bonds. The lowest BCUT2D eigenvalue weighted by Crippen LogP contribution is -2.15. The summed E-state index contributed by atoms with van der Waals surface area (Å²) in [5, 5.41) is 11.8. The molecule has 1 aromatic heterocycles. The van der Waals surface area contributed by atoms with Gasteiger partial charge < -0.3 is 14.8 Å². The van der Waals surface area contributed by atoms with Gasteiger partial charge in [-0.25, -0.2) is 0 Å². The summed E-state index contributed by atoms with van der Waals surface area (Å²) in [5.41, 5.74) is 0. The van der Waals surface area contributed by atoms with Crippen molar-refractivity contribution in [2.45, 2.75) is 32.2 Å². The van der Waals surface area contributed by atoms with Gasteiger partial charge in [-0.05, 0) is 37.4 Å². The van der Waals surface area contributed by atoms with E-state index in [1.165, 1.54) is 6.42 Å². The molecule has 2 unspecified atom stereocenters. The molecule has 2 rings (SSSR count). The van der Waals surface area contributed by atoms with Gasteiger partial charge in [-0.3, -0.25) is 0 Å². The predicted octanol–water partition coefficient (Wildman–Crippen LogP) is 1.88. The molecule has 15 heavy (non-hydrogen) atoms. The number of hydrogen-bond donors (Lipinski definition) is 2. The molecule has 2 atom stereocenters. The molecule has 1 heterocycles. The van der Waals surface area contributed by atoms with E-state index in [0.29, 0.717) is 5.92 Å². The maximum absolute atomic E-state index is 8.61. The summed E-state index contributed by atoms with van der Waals surface area (Å²) in [6, 6.07) is 4.14. The molecular formula is C12H19NO2. The largest absolute Gasteiger partial charge is 0.464 e. The minimum atomic E-state index is 0.246. The first kappa shape index (κ1) is 10.7. The average Bonchev–Trinajstić information content (AvgIpc) is 2.80. The van der Waals surface area contributed by atoms with E-state index in [1.807, 2.05) is 6.07 Å². The Morgan fingerprint density at radius 2 is 2.33 bits per heavy atom. The van der Waals surface area contributed by atoms with Crippen molar-refractivity contribution < 1.29 is 9.52 Å². The van der Waals surface area contributed by atoms with Gasteiger partial charge in [0.05, 0.1) is 6.54 Å². The third-order valence-corrected chi connectivity index (χ3v) is 2.97. The third-order valence-electron chi connectivity index (χ3n) is 2.97. The van der Waals surface area contributed by atoms with Gasteiger partial charge in [0.25, 0.3) is 0 Å². The monoisotopic (exact) mass is 209 g/mol. The van der Waals surface area contributed by atoms with Crippen molar-refractivity contribution in [3.05, 3.63) is 23.7 Å². The van der Waals surface area contributed by atoms with Gasteiger partial charge in [0.15, 0.2) is 0 Å². The quantitative estimate of drug-likeness (QED) is 0.703. The van der Waals surface area contributed by atoms with E-state index in [4.69, 9.17) is 9.52 Å². The van der Waals surface area contributed by atoms with E-state index >= 15 is 0 Å². The standard InChI is InChI=1S/C12H19NO2/c1-9-7-11(9)12-4-3-10(15-12)8-13-5-2-6-14/h3-4,9,11,13-14H,2,5-8H2,1H3. The Labute approximate surface area is 90.5 Å². The van der Waals surface area contributed by atoms with Crippen LogP contribution in [-0.4, -0.2) is 18.3 Å². The van der Waals surface area contributed by atoms with Crippen molar-refractivity contribution in [3.63, 3.8) is 0 Å². The van der Waals surface area contributed by atoms with Crippen molar-refractivity contribution in [1.29, 1.82) is 0 Å². The normalized spacial score (nSPS) is 24.4. The molecule has 0 radical (unpaired) electrons. The summed E-state index contributed by atoms with van der Waals surface area (Å²) in [4.78, 5) is 0. The highest BCUT2D eigenvalue weighted by Gasteiger charge is 2.36. The SMILES string of the molecule is CC1CC1c1ccc(CNCCCO)o1. The molecule has 1 aromatic rings.